The van der Waals surface area contributed by atoms with Gasteiger partial charge in [0.2, 0.25) is 5.82 Å². The molecule has 1 aliphatic carbocycles. The number of terminal acetylenes is 1. The Morgan fingerprint density at radius 2 is 1.80 bits per heavy atom. The molecule has 1 heterocycles. The van der Waals surface area contributed by atoms with E-state index >= 15 is 0 Å². The zero-order valence-corrected chi connectivity index (χ0v) is 14.1. The fraction of sp³-hybridized carbons (Fsp3) is 0.400. The lowest BCUT2D eigenvalue weighted by Crippen LogP contribution is -2.19. The fourth-order valence-corrected chi connectivity index (χ4v) is 3.05. The lowest BCUT2D eigenvalue weighted by molar-refractivity contribution is 0.189. The van der Waals surface area contributed by atoms with Gasteiger partial charge in [-0.25, -0.2) is 14.4 Å². The van der Waals surface area contributed by atoms with Gasteiger partial charge in [-0.2, -0.15) is 4.39 Å². The van der Waals surface area contributed by atoms with Crippen molar-refractivity contribution >= 4 is 0 Å². The fourth-order valence-electron chi connectivity index (χ4n) is 3.05. The van der Waals surface area contributed by atoms with Crippen molar-refractivity contribution in [2.24, 2.45) is 11.8 Å². The zero-order chi connectivity index (χ0) is 17.8. The van der Waals surface area contributed by atoms with Crippen LogP contribution < -0.4 is 4.74 Å². The lowest BCUT2D eigenvalue weighted by atomic mass is 9.83. The van der Waals surface area contributed by atoms with Crippen LogP contribution in [0, 0.1) is 42.7 Å². The van der Waals surface area contributed by atoms with Gasteiger partial charge in [-0.05, 0) is 56.2 Å². The Morgan fingerprint density at radius 3 is 2.44 bits per heavy atom. The molecule has 0 spiro atoms. The van der Waals surface area contributed by atoms with Crippen LogP contribution in [0.2, 0.25) is 0 Å². The molecule has 1 aromatic carbocycles. The summed E-state index contributed by atoms with van der Waals surface area (Å²) in [5, 5.41) is 0. The van der Waals surface area contributed by atoms with Crippen LogP contribution >= 0.6 is 0 Å². The predicted molar refractivity (Wildman–Crippen MR) is 91.9 cm³/mol. The summed E-state index contributed by atoms with van der Waals surface area (Å²) in [6.45, 7) is 2.20. The molecular weight excluding hydrogens is 322 g/mol. The molecular formula is C20H20F2N2O. The van der Waals surface area contributed by atoms with E-state index in [2.05, 4.69) is 15.9 Å². The molecule has 0 saturated heterocycles. The van der Waals surface area contributed by atoms with Crippen molar-refractivity contribution in [2.45, 2.75) is 32.6 Å². The number of nitrogens with zero attached hydrogens (tertiary/aromatic N) is 2. The monoisotopic (exact) mass is 342 g/mol. The number of ether oxygens (including phenoxy) is 1. The third-order valence-electron chi connectivity index (χ3n) is 4.63. The van der Waals surface area contributed by atoms with E-state index in [0.717, 1.165) is 31.2 Å². The summed E-state index contributed by atoms with van der Waals surface area (Å²) < 4.78 is 34.2. The SMILES string of the molecule is C#CC1CCC(COc2ccc(-c3ncc(C)cn3)c(F)c2F)CC1. The highest BCUT2D eigenvalue weighted by Gasteiger charge is 2.22. The number of halogens is 2. The Bertz CT molecular complexity index is 776. The quantitative estimate of drug-likeness (QED) is 0.765. The molecule has 0 aliphatic heterocycles. The molecule has 3 nitrogen and oxygen atoms in total. The van der Waals surface area contributed by atoms with Gasteiger partial charge in [-0.15, -0.1) is 12.3 Å². The number of aromatic nitrogens is 2. The third kappa shape index (κ3) is 3.96. The minimum atomic E-state index is -1.00. The van der Waals surface area contributed by atoms with Gasteiger partial charge in [0.15, 0.2) is 17.4 Å². The van der Waals surface area contributed by atoms with Gasteiger partial charge in [0.1, 0.15) is 0 Å². The van der Waals surface area contributed by atoms with Crippen LogP contribution in [0.1, 0.15) is 31.2 Å². The highest BCUT2D eigenvalue weighted by Crippen LogP contribution is 2.31. The highest BCUT2D eigenvalue weighted by atomic mass is 19.2. The molecule has 0 unspecified atom stereocenters. The Kier molecular flexibility index (Phi) is 5.28. The average molecular weight is 342 g/mol. The number of hydrogen-bond acceptors (Lipinski definition) is 3. The molecule has 0 radical (unpaired) electrons. The molecule has 0 amide bonds. The van der Waals surface area contributed by atoms with Crippen LogP contribution in [0.3, 0.4) is 0 Å². The maximum absolute atomic E-state index is 14.4. The maximum atomic E-state index is 14.4. The molecule has 1 aromatic heterocycles. The number of aryl methyl sites for hydroxylation is 1. The van der Waals surface area contributed by atoms with Crippen molar-refractivity contribution in [1.29, 1.82) is 0 Å². The number of rotatable bonds is 4. The Morgan fingerprint density at radius 1 is 1.12 bits per heavy atom. The molecule has 1 saturated carbocycles. The number of benzene rings is 1. The smallest absolute Gasteiger partial charge is 0.201 e. The Hall–Kier alpha value is -2.48. The first-order valence-corrected chi connectivity index (χ1v) is 8.44. The standard InChI is InChI=1S/C20H20F2N2O/c1-3-14-4-6-15(7-5-14)12-25-17-9-8-16(18(21)19(17)22)20-23-10-13(2)11-24-20/h1,8-11,14-15H,4-7,12H2,2H3. The highest BCUT2D eigenvalue weighted by molar-refractivity contribution is 5.57. The van der Waals surface area contributed by atoms with E-state index in [0.29, 0.717) is 18.4 Å². The van der Waals surface area contributed by atoms with E-state index in [1.807, 2.05) is 6.92 Å². The molecule has 1 fully saturated rings. The Balaban J connectivity index is 1.68. The van der Waals surface area contributed by atoms with Crippen LogP contribution in [0.5, 0.6) is 5.75 Å². The predicted octanol–water partition coefficient (Wildman–Crippen LogP) is 4.55. The molecule has 0 N–H and O–H groups in total. The molecule has 5 heteroatoms. The summed E-state index contributed by atoms with van der Waals surface area (Å²) in [7, 11) is 0. The minimum absolute atomic E-state index is 0.0272. The molecule has 130 valence electrons. The first-order chi connectivity index (χ1) is 12.1. The first-order valence-electron chi connectivity index (χ1n) is 8.44. The molecule has 2 aromatic rings. The molecule has 0 atom stereocenters. The first kappa shape index (κ1) is 17.3. The van der Waals surface area contributed by atoms with Gasteiger partial charge in [0, 0.05) is 18.3 Å². The minimum Gasteiger partial charge on any atom is -0.490 e. The van der Waals surface area contributed by atoms with E-state index in [1.54, 1.807) is 12.4 Å². The lowest BCUT2D eigenvalue weighted by Gasteiger charge is -2.25. The Labute approximate surface area is 146 Å². The summed E-state index contributed by atoms with van der Waals surface area (Å²) in [6, 6.07) is 2.89. The van der Waals surface area contributed by atoms with E-state index < -0.39 is 11.6 Å². The van der Waals surface area contributed by atoms with Crippen LogP contribution in [-0.4, -0.2) is 16.6 Å². The van der Waals surface area contributed by atoms with Gasteiger partial charge in [0.05, 0.1) is 12.2 Å². The van der Waals surface area contributed by atoms with Gasteiger partial charge < -0.3 is 4.74 Å². The van der Waals surface area contributed by atoms with Crippen molar-refractivity contribution in [3.8, 4) is 29.5 Å². The van der Waals surface area contributed by atoms with E-state index in [-0.39, 0.29) is 17.1 Å². The summed E-state index contributed by atoms with van der Waals surface area (Å²) >= 11 is 0. The van der Waals surface area contributed by atoms with Crippen LogP contribution in [-0.2, 0) is 0 Å². The third-order valence-corrected chi connectivity index (χ3v) is 4.63. The van der Waals surface area contributed by atoms with Crippen LogP contribution in [0.4, 0.5) is 8.78 Å². The van der Waals surface area contributed by atoms with Crippen molar-refractivity contribution in [3.05, 3.63) is 41.7 Å². The summed E-state index contributed by atoms with van der Waals surface area (Å²) in [5.74, 6) is 1.52. The largest absolute Gasteiger partial charge is 0.490 e. The van der Waals surface area contributed by atoms with Crippen molar-refractivity contribution in [2.75, 3.05) is 6.61 Å². The second-order valence-electron chi connectivity index (χ2n) is 6.52. The van der Waals surface area contributed by atoms with E-state index in [1.165, 1.54) is 12.1 Å². The normalized spacial score (nSPS) is 20.1. The van der Waals surface area contributed by atoms with Crippen molar-refractivity contribution in [1.82, 2.24) is 9.97 Å². The summed E-state index contributed by atoms with van der Waals surface area (Å²) in [5.41, 5.74) is 0.878. The zero-order valence-electron chi connectivity index (χ0n) is 14.1. The van der Waals surface area contributed by atoms with E-state index in [4.69, 9.17) is 11.2 Å². The average Bonchev–Trinajstić information content (AvgIpc) is 2.64. The topological polar surface area (TPSA) is 35.0 Å². The second kappa shape index (κ2) is 7.60. The van der Waals surface area contributed by atoms with Crippen LogP contribution in [0.25, 0.3) is 11.4 Å². The van der Waals surface area contributed by atoms with Gasteiger partial charge in [-0.3, -0.25) is 0 Å². The van der Waals surface area contributed by atoms with Crippen molar-refractivity contribution in [3.63, 3.8) is 0 Å². The number of hydrogen-bond donors (Lipinski definition) is 0. The van der Waals surface area contributed by atoms with E-state index in [9.17, 15) is 8.78 Å². The molecule has 1 aliphatic rings. The van der Waals surface area contributed by atoms with Crippen molar-refractivity contribution < 1.29 is 13.5 Å². The second-order valence-corrected chi connectivity index (χ2v) is 6.52. The summed E-state index contributed by atoms with van der Waals surface area (Å²) in [4.78, 5) is 8.08. The summed E-state index contributed by atoms with van der Waals surface area (Å²) in [6.07, 6.45) is 12.4. The van der Waals surface area contributed by atoms with Gasteiger partial charge in [0.25, 0.3) is 0 Å². The molecule has 3 rings (SSSR count). The molecule has 25 heavy (non-hydrogen) atoms. The molecule has 0 bridgehead atoms. The van der Waals surface area contributed by atoms with Crippen LogP contribution in [0.15, 0.2) is 24.5 Å². The van der Waals surface area contributed by atoms with Gasteiger partial charge in [-0.1, -0.05) is 0 Å². The maximum Gasteiger partial charge on any atom is 0.201 e. The van der Waals surface area contributed by atoms with Gasteiger partial charge >= 0.3 is 0 Å².